The van der Waals surface area contributed by atoms with E-state index in [0.29, 0.717) is 11.6 Å². The van der Waals surface area contributed by atoms with Crippen molar-refractivity contribution in [2.24, 2.45) is 0 Å². The second kappa shape index (κ2) is 4.70. The first-order chi connectivity index (χ1) is 8.84. The summed E-state index contributed by atoms with van der Waals surface area (Å²) < 4.78 is 0. The molecule has 0 fully saturated rings. The van der Waals surface area contributed by atoms with Crippen LogP contribution in [0.3, 0.4) is 0 Å². The molecule has 0 radical (unpaired) electrons. The van der Waals surface area contributed by atoms with Gasteiger partial charge in [0.25, 0.3) is 0 Å². The van der Waals surface area contributed by atoms with Gasteiger partial charge in [0, 0.05) is 29.1 Å². The average Bonchev–Trinajstić information content (AvgIpc) is 2.44. The summed E-state index contributed by atoms with van der Waals surface area (Å²) in [5.41, 5.74) is 1.87. The Morgan fingerprint density at radius 3 is 2.44 bits per heavy atom. The number of pyridine rings is 1. The van der Waals surface area contributed by atoms with Crippen molar-refractivity contribution in [1.82, 2.24) is 15.2 Å². The maximum atomic E-state index is 6.04. The van der Waals surface area contributed by atoms with Crippen LogP contribution in [-0.4, -0.2) is 15.2 Å². The summed E-state index contributed by atoms with van der Waals surface area (Å²) in [6.07, 6.45) is 2.44. The minimum Gasteiger partial charge on any atom is -0.261 e. The fourth-order valence-corrected chi connectivity index (χ4v) is 2.13. The topological polar surface area (TPSA) is 38.7 Å². The average molecular weight is 256 g/mol. The Hall–Kier alpha value is -2.00. The molecule has 0 atom stereocenters. The third kappa shape index (κ3) is 2.05. The molecule has 88 valence electrons. The summed E-state index contributed by atoms with van der Waals surface area (Å²) >= 11 is 6.04. The highest BCUT2D eigenvalue weighted by Crippen LogP contribution is 2.23. The molecule has 0 aliphatic carbocycles. The molecule has 4 heteroatoms. The Kier molecular flexibility index (Phi) is 2.90. The number of hydrogen-bond acceptors (Lipinski definition) is 3. The van der Waals surface area contributed by atoms with Gasteiger partial charge in [-0.25, -0.2) is 0 Å². The van der Waals surface area contributed by atoms with Crippen LogP contribution in [0.2, 0.25) is 5.15 Å². The maximum Gasteiger partial charge on any atom is 0.159 e. The molecule has 0 spiro atoms. The van der Waals surface area contributed by atoms with Gasteiger partial charge in [0.1, 0.15) is 0 Å². The van der Waals surface area contributed by atoms with Crippen molar-refractivity contribution >= 4 is 22.4 Å². The molecule has 3 nitrogen and oxygen atoms in total. The van der Waals surface area contributed by atoms with Gasteiger partial charge in [-0.15, -0.1) is 5.10 Å². The van der Waals surface area contributed by atoms with Gasteiger partial charge in [-0.05, 0) is 12.1 Å². The fourth-order valence-electron chi connectivity index (χ4n) is 1.93. The van der Waals surface area contributed by atoms with Gasteiger partial charge in [0.2, 0.25) is 0 Å². The number of benzene rings is 1. The molecule has 0 bridgehead atoms. The fraction of sp³-hybridized carbons (Fsp3) is 0.0714. The number of rotatable bonds is 2. The minimum absolute atomic E-state index is 0.440. The van der Waals surface area contributed by atoms with Crippen molar-refractivity contribution < 1.29 is 0 Å². The molecule has 18 heavy (non-hydrogen) atoms. The van der Waals surface area contributed by atoms with Crippen LogP contribution in [0.5, 0.6) is 0 Å². The monoisotopic (exact) mass is 255 g/mol. The van der Waals surface area contributed by atoms with Crippen LogP contribution in [0, 0.1) is 0 Å². The summed E-state index contributed by atoms with van der Waals surface area (Å²) in [6.45, 7) is 0. The molecule has 1 aromatic carbocycles. The van der Waals surface area contributed by atoms with Crippen molar-refractivity contribution in [3.8, 4) is 0 Å². The van der Waals surface area contributed by atoms with E-state index in [0.717, 1.165) is 22.2 Å². The second-order valence-corrected chi connectivity index (χ2v) is 4.34. The number of hydrogen-bond donors (Lipinski definition) is 0. The van der Waals surface area contributed by atoms with E-state index in [1.807, 2.05) is 42.5 Å². The lowest BCUT2D eigenvalue weighted by molar-refractivity contribution is 0.937. The predicted octanol–water partition coefficient (Wildman–Crippen LogP) is 3.27. The normalized spacial score (nSPS) is 10.7. The number of nitrogens with zero attached hydrogens (tertiary/aromatic N) is 3. The summed E-state index contributed by atoms with van der Waals surface area (Å²) in [7, 11) is 0. The molecule has 0 amide bonds. The van der Waals surface area contributed by atoms with E-state index in [2.05, 4.69) is 15.2 Å². The SMILES string of the molecule is Clc1nnc(Cc2ccccn2)c2ccccc12. The van der Waals surface area contributed by atoms with E-state index in [-0.39, 0.29) is 0 Å². The van der Waals surface area contributed by atoms with Crippen LogP contribution in [-0.2, 0) is 6.42 Å². The largest absolute Gasteiger partial charge is 0.261 e. The third-order valence-corrected chi connectivity index (χ3v) is 3.07. The zero-order valence-corrected chi connectivity index (χ0v) is 10.3. The molecule has 0 unspecified atom stereocenters. The first kappa shape index (κ1) is 11.1. The number of aromatic nitrogens is 3. The van der Waals surface area contributed by atoms with E-state index in [9.17, 15) is 0 Å². The van der Waals surface area contributed by atoms with Crippen LogP contribution in [0.1, 0.15) is 11.4 Å². The quantitative estimate of drug-likeness (QED) is 0.705. The molecule has 2 heterocycles. The molecular weight excluding hydrogens is 246 g/mol. The van der Waals surface area contributed by atoms with Gasteiger partial charge < -0.3 is 0 Å². The van der Waals surface area contributed by atoms with Gasteiger partial charge in [0.15, 0.2) is 5.15 Å². The van der Waals surface area contributed by atoms with E-state index >= 15 is 0 Å². The molecule has 0 saturated carbocycles. The molecule has 3 rings (SSSR count). The summed E-state index contributed by atoms with van der Waals surface area (Å²) in [4.78, 5) is 4.30. The number of halogens is 1. The van der Waals surface area contributed by atoms with E-state index < -0.39 is 0 Å². The smallest absolute Gasteiger partial charge is 0.159 e. The van der Waals surface area contributed by atoms with Crippen LogP contribution >= 0.6 is 11.6 Å². The zero-order valence-electron chi connectivity index (χ0n) is 9.55. The Morgan fingerprint density at radius 2 is 1.67 bits per heavy atom. The predicted molar refractivity (Wildman–Crippen MR) is 71.6 cm³/mol. The Balaban J connectivity index is 2.10. The number of fused-ring (bicyclic) bond motifs is 1. The minimum atomic E-state index is 0.440. The van der Waals surface area contributed by atoms with Crippen molar-refractivity contribution in [2.45, 2.75) is 6.42 Å². The molecule has 0 N–H and O–H groups in total. The lowest BCUT2D eigenvalue weighted by Crippen LogP contribution is -1.98. The Labute approximate surface area is 109 Å². The highest BCUT2D eigenvalue weighted by atomic mass is 35.5. The Morgan fingerprint density at radius 1 is 0.889 bits per heavy atom. The summed E-state index contributed by atoms with van der Waals surface area (Å²) in [6, 6.07) is 13.7. The molecule has 3 aromatic rings. The van der Waals surface area contributed by atoms with Crippen molar-refractivity contribution in [2.75, 3.05) is 0 Å². The van der Waals surface area contributed by atoms with Crippen molar-refractivity contribution in [3.05, 3.63) is 65.2 Å². The Bertz CT molecular complexity index is 683. The first-order valence-corrected chi connectivity index (χ1v) is 6.02. The molecule has 0 saturated heterocycles. The van der Waals surface area contributed by atoms with Gasteiger partial charge in [-0.1, -0.05) is 41.9 Å². The van der Waals surface area contributed by atoms with Crippen LogP contribution in [0.25, 0.3) is 10.8 Å². The van der Waals surface area contributed by atoms with Gasteiger partial charge in [-0.3, -0.25) is 4.98 Å². The molecule has 0 aliphatic heterocycles. The van der Waals surface area contributed by atoms with Crippen LogP contribution in [0.4, 0.5) is 0 Å². The van der Waals surface area contributed by atoms with Gasteiger partial charge >= 0.3 is 0 Å². The highest BCUT2D eigenvalue weighted by Gasteiger charge is 2.08. The van der Waals surface area contributed by atoms with Crippen LogP contribution in [0.15, 0.2) is 48.7 Å². The molecular formula is C14H10ClN3. The van der Waals surface area contributed by atoms with E-state index in [1.54, 1.807) is 6.20 Å². The second-order valence-electron chi connectivity index (χ2n) is 3.98. The van der Waals surface area contributed by atoms with Gasteiger partial charge in [-0.2, -0.15) is 5.10 Å². The standard InChI is InChI=1S/C14H10ClN3/c15-14-12-7-2-1-6-11(12)13(17-18-14)9-10-5-3-4-8-16-10/h1-8H,9H2. The van der Waals surface area contributed by atoms with E-state index in [4.69, 9.17) is 11.6 Å². The van der Waals surface area contributed by atoms with Crippen LogP contribution < -0.4 is 0 Å². The maximum absolute atomic E-state index is 6.04. The van der Waals surface area contributed by atoms with Crippen molar-refractivity contribution in [3.63, 3.8) is 0 Å². The van der Waals surface area contributed by atoms with E-state index in [1.165, 1.54) is 0 Å². The van der Waals surface area contributed by atoms with Crippen molar-refractivity contribution in [1.29, 1.82) is 0 Å². The molecule has 0 aliphatic rings. The highest BCUT2D eigenvalue weighted by molar-refractivity contribution is 6.34. The zero-order chi connectivity index (χ0) is 12.4. The lowest BCUT2D eigenvalue weighted by Gasteiger charge is -2.05. The summed E-state index contributed by atoms with van der Waals surface area (Å²) in [5.74, 6) is 0. The lowest BCUT2D eigenvalue weighted by atomic mass is 10.1. The molecule has 2 aromatic heterocycles. The first-order valence-electron chi connectivity index (χ1n) is 5.64. The third-order valence-electron chi connectivity index (χ3n) is 2.79. The summed E-state index contributed by atoms with van der Waals surface area (Å²) in [5, 5.41) is 10.6. The van der Waals surface area contributed by atoms with Gasteiger partial charge in [0.05, 0.1) is 5.69 Å².